The molecule has 0 atom stereocenters. The molecule has 0 spiro atoms. The fourth-order valence-corrected chi connectivity index (χ4v) is 3.73. The fraction of sp³-hybridized carbons (Fsp3) is 0.667. The molecule has 1 amide bonds. The van der Waals surface area contributed by atoms with Gasteiger partial charge >= 0.3 is 0 Å². The summed E-state index contributed by atoms with van der Waals surface area (Å²) in [6, 6.07) is 10.5. The lowest BCUT2D eigenvalue weighted by atomic mass is 9.74. The van der Waals surface area contributed by atoms with E-state index in [4.69, 9.17) is 0 Å². The summed E-state index contributed by atoms with van der Waals surface area (Å²) in [5, 5.41) is 3.29. The molecule has 0 aliphatic heterocycles. The van der Waals surface area contributed by atoms with Crippen molar-refractivity contribution in [3.63, 3.8) is 0 Å². The van der Waals surface area contributed by atoms with E-state index in [1.54, 1.807) is 0 Å². The third-order valence-electron chi connectivity index (χ3n) is 4.42. The van der Waals surface area contributed by atoms with Gasteiger partial charge in [0.05, 0.1) is 0 Å². The summed E-state index contributed by atoms with van der Waals surface area (Å²) in [4.78, 5) is 12.7. The summed E-state index contributed by atoms with van der Waals surface area (Å²) >= 11 is 0. The highest BCUT2D eigenvalue weighted by atomic mass is 16.2. The number of hydrogen-bond donors (Lipinski definition) is 1. The minimum Gasteiger partial charge on any atom is -0.351 e. The first-order chi connectivity index (χ1) is 10.4. The van der Waals surface area contributed by atoms with Crippen LogP contribution in [-0.4, -0.2) is 11.4 Å². The Morgan fingerprint density at radius 3 is 2.00 bits per heavy atom. The number of rotatable bonds is 7. The number of amides is 1. The Kier molecular flexibility index (Phi) is 6.06. The monoisotopic (exact) mass is 317 g/mol. The van der Waals surface area contributed by atoms with Crippen LogP contribution in [-0.2, 0) is 10.2 Å². The van der Waals surface area contributed by atoms with Gasteiger partial charge in [-0.15, -0.1) is 0 Å². The second-order valence-corrected chi connectivity index (χ2v) is 9.25. The summed E-state index contributed by atoms with van der Waals surface area (Å²) in [5.41, 5.74) is 0.747. The summed E-state index contributed by atoms with van der Waals surface area (Å²) in [7, 11) is 0. The summed E-state index contributed by atoms with van der Waals surface area (Å²) in [6.07, 6.45) is 1.80. The van der Waals surface area contributed by atoms with Gasteiger partial charge in [0, 0.05) is 11.0 Å². The molecule has 1 aromatic rings. The molecule has 23 heavy (non-hydrogen) atoms. The van der Waals surface area contributed by atoms with Gasteiger partial charge in [-0.25, -0.2) is 0 Å². The zero-order chi connectivity index (χ0) is 17.9. The molecule has 0 aliphatic carbocycles. The van der Waals surface area contributed by atoms with E-state index < -0.39 is 0 Å². The van der Waals surface area contributed by atoms with E-state index in [1.165, 1.54) is 5.56 Å². The molecule has 130 valence electrons. The van der Waals surface area contributed by atoms with Crippen molar-refractivity contribution in [3.05, 3.63) is 35.9 Å². The lowest BCUT2D eigenvalue weighted by Crippen LogP contribution is -2.51. The molecular weight excluding hydrogens is 282 g/mol. The molecular formula is C21H35NO. The maximum Gasteiger partial charge on any atom is 0.226 e. The molecule has 0 saturated carbocycles. The number of carbonyl (C=O) groups excluding carboxylic acids is 1. The van der Waals surface area contributed by atoms with Crippen LogP contribution >= 0.6 is 0 Å². The quantitative estimate of drug-likeness (QED) is 0.724. The molecule has 0 fully saturated rings. The second-order valence-electron chi connectivity index (χ2n) is 9.25. The minimum atomic E-state index is -0.331. The van der Waals surface area contributed by atoms with Gasteiger partial charge in [0.2, 0.25) is 5.91 Å². The molecule has 0 aliphatic rings. The highest BCUT2D eigenvalue weighted by Gasteiger charge is 2.35. The van der Waals surface area contributed by atoms with Crippen LogP contribution in [0.25, 0.3) is 0 Å². The van der Waals surface area contributed by atoms with Gasteiger partial charge in [-0.05, 0) is 43.6 Å². The Bertz CT molecular complexity index is 512. The smallest absolute Gasteiger partial charge is 0.226 e. The van der Waals surface area contributed by atoms with Crippen molar-refractivity contribution in [1.29, 1.82) is 0 Å². The average Bonchev–Trinajstić information content (AvgIpc) is 2.36. The van der Waals surface area contributed by atoms with E-state index in [0.717, 1.165) is 12.8 Å². The standard InChI is InChI=1S/C21H35NO/c1-16(2)14-19(3,4)18(23)22-21(7,8)15-20(5,6)17-12-10-9-11-13-17/h9-13,16H,14-15H2,1-8H3,(H,22,23). The van der Waals surface area contributed by atoms with Crippen LogP contribution in [0.1, 0.15) is 73.8 Å². The van der Waals surface area contributed by atoms with Crippen LogP contribution in [0.15, 0.2) is 30.3 Å². The number of carbonyl (C=O) groups is 1. The van der Waals surface area contributed by atoms with E-state index in [1.807, 2.05) is 19.9 Å². The first kappa shape index (κ1) is 19.7. The van der Waals surface area contributed by atoms with Gasteiger partial charge in [-0.2, -0.15) is 0 Å². The van der Waals surface area contributed by atoms with E-state index in [0.29, 0.717) is 5.92 Å². The van der Waals surface area contributed by atoms with Crippen molar-refractivity contribution in [2.45, 2.75) is 79.2 Å². The Balaban J connectivity index is 2.81. The molecule has 1 N–H and O–H groups in total. The zero-order valence-corrected chi connectivity index (χ0v) is 16.3. The average molecular weight is 318 g/mol. The fourth-order valence-electron chi connectivity index (χ4n) is 3.73. The van der Waals surface area contributed by atoms with Gasteiger partial charge in [0.1, 0.15) is 0 Å². The minimum absolute atomic E-state index is 0.0141. The van der Waals surface area contributed by atoms with E-state index >= 15 is 0 Å². The SMILES string of the molecule is CC(C)CC(C)(C)C(=O)NC(C)(C)CC(C)(C)c1ccccc1. The van der Waals surface area contributed by atoms with Crippen molar-refractivity contribution in [3.8, 4) is 0 Å². The third-order valence-corrected chi connectivity index (χ3v) is 4.42. The zero-order valence-electron chi connectivity index (χ0n) is 16.3. The van der Waals surface area contributed by atoms with Crippen LogP contribution in [0.3, 0.4) is 0 Å². The summed E-state index contributed by atoms with van der Waals surface area (Å²) < 4.78 is 0. The first-order valence-corrected chi connectivity index (χ1v) is 8.74. The molecule has 0 bridgehead atoms. The van der Waals surface area contributed by atoms with Gasteiger partial charge in [0.15, 0.2) is 0 Å². The van der Waals surface area contributed by atoms with Crippen molar-refractivity contribution in [2.75, 3.05) is 0 Å². The number of nitrogens with one attached hydrogen (secondary N) is 1. The molecule has 0 unspecified atom stereocenters. The molecule has 1 aromatic carbocycles. The molecule has 0 radical (unpaired) electrons. The molecule has 0 aromatic heterocycles. The highest BCUT2D eigenvalue weighted by molar-refractivity contribution is 5.82. The predicted molar refractivity (Wildman–Crippen MR) is 99.5 cm³/mol. The lowest BCUT2D eigenvalue weighted by Gasteiger charge is -2.38. The van der Waals surface area contributed by atoms with Crippen LogP contribution in [0, 0.1) is 11.3 Å². The summed E-state index contributed by atoms with van der Waals surface area (Å²) in [5.74, 6) is 0.666. The van der Waals surface area contributed by atoms with Gasteiger partial charge in [0.25, 0.3) is 0 Å². The third kappa shape index (κ3) is 6.01. The van der Waals surface area contributed by atoms with Crippen LogP contribution < -0.4 is 5.32 Å². The normalized spacial score (nSPS) is 13.3. The molecule has 2 nitrogen and oxygen atoms in total. The van der Waals surface area contributed by atoms with Gasteiger partial charge in [-0.3, -0.25) is 4.79 Å². The first-order valence-electron chi connectivity index (χ1n) is 8.74. The Labute approximate surface area is 143 Å². The van der Waals surface area contributed by atoms with E-state index in [-0.39, 0.29) is 22.3 Å². The maximum atomic E-state index is 12.7. The highest BCUT2D eigenvalue weighted by Crippen LogP contribution is 2.33. The van der Waals surface area contributed by atoms with Crippen molar-refractivity contribution >= 4 is 5.91 Å². The number of benzene rings is 1. The van der Waals surface area contributed by atoms with E-state index in [9.17, 15) is 4.79 Å². The topological polar surface area (TPSA) is 29.1 Å². The Morgan fingerprint density at radius 1 is 1.00 bits per heavy atom. The largest absolute Gasteiger partial charge is 0.351 e. The molecule has 0 saturated heterocycles. The van der Waals surface area contributed by atoms with Crippen LogP contribution in [0.4, 0.5) is 0 Å². The van der Waals surface area contributed by atoms with Gasteiger partial charge in [-0.1, -0.05) is 71.9 Å². The summed E-state index contributed by atoms with van der Waals surface area (Å²) in [6.45, 7) is 17.2. The van der Waals surface area contributed by atoms with Crippen molar-refractivity contribution in [2.24, 2.45) is 11.3 Å². The second kappa shape index (κ2) is 7.07. The Hall–Kier alpha value is -1.31. The maximum absolute atomic E-state index is 12.7. The van der Waals surface area contributed by atoms with Crippen molar-refractivity contribution in [1.82, 2.24) is 5.32 Å². The lowest BCUT2D eigenvalue weighted by molar-refractivity contribution is -0.132. The van der Waals surface area contributed by atoms with E-state index in [2.05, 4.69) is 71.1 Å². The number of hydrogen-bond acceptors (Lipinski definition) is 1. The molecule has 2 heteroatoms. The van der Waals surface area contributed by atoms with Crippen LogP contribution in [0.5, 0.6) is 0 Å². The Morgan fingerprint density at radius 2 is 1.52 bits per heavy atom. The van der Waals surface area contributed by atoms with Gasteiger partial charge < -0.3 is 5.32 Å². The predicted octanol–water partition coefficient (Wildman–Crippen LogP) is 5.32. The van der Waals surface area contributed by atoms with Crippen LogP contribution in [0.2, 0.25) is 0 Å². The molecule has 1 rings (SSSR count). The van der Waals surface area contributed by atoms with Crippen molar-refractivity contribution < 1.29 is 4.79 Å². The molecule has 0 heterocycles.